The lowest BCUT2D eigenvalue weighted by Crippen LogP contribution is -2.23. The van der Waals surface area contributed by atoms with Gasteiger partial charge in [0.05, 0.1) is 6.54 Å². The van der Waals surface area contributed by atoms with E-state index in [1.54, 1.807) is 13.4 Å². The zero-order valence-corrected chi connectivity index (χ0v) is 11.2. The lowest BCUT2D eigenvalue weighted by atomic mass is 9.97. The van der Waals surface area contributed by atoms with Crippen molar-refractivity contribution in [2.45, 2.75) is 38.1 Å². The topological polar surface area (TPSA) is 39.8 Å². The Kier molecular flexibility index (Phi) is 3.23. The van der Waals surface area contributed by atoms with Crippen molar-refractivity contribution >= 4 is 0 Å². The molecule has 0 radical (unpaired) electrons. The van der Waals surface area contributed by atoms with Crippen LogP contribution in [0.25, 0.3) is 0 Å². The Morgan fingerprint density at radius 1 is 1.21 bits per heavy atom. The summed E-state index contributed by atoms with van der Waals surface area (Å²) >= 11 is 0. The number of nitrogens with zero attached hydrogens (tertiary/aromatic N) is 3. The molecule has 100 valence electrons. The van der Waals surface area contributed by atoms with Gasteiger partial charge in [0, 0.05) is 7.05 Å². The number of aryl methyl sites for hydroxylation is 1. The molecule has 0 saturated heterocycles. The summed E-state index contributed by atoms with van der Waals surface area (Å²) in [5, 5.41) is 4.08. The maximum absolute atomic E-state index is 11.7. The van der Waals surface area contributed by atoms with Crippen LogP contribution in [-0.4, -0.2) is 14.3 Å². The van der Waals surface area contributed by atoms with Crippen LogP contribution < -0.4 is 5.69 Å². The first-order valence-corrected chi connectivity index (χ1v) is 6.91. The molecule has 0 N–H and O–H groups in total. The smallest absolute Gasteiger partial charge is 0.285 e. The van der Waals surface area contributed by atoms with Gasteiger partial charge in [-0.1, -0.05) is 37.1 Å². The van der Waals surface area contributed by atoms with Gasteiger partial charge < -0.3 is 0 Å². The molecule has 1 aromatic carbocycles. The predicted molar refractivity (Wildman–Crippen MR) is 74.2 cm³/mol. The summed E-state index contributed by atoms with van der Waals surface area (Å²) in [4.78, 5) is 11.7. The monoisotopic (exact) mass is 257 g/mol. The molecule has 1 heterocycles. The molecule has 2 aromatic rings. The van der Waals surface area contributed by atoms with Gasteiger partial charge in [0.1, 0.15) is 6.33 Å². The van der Waals surface area contributed by atoms with Crippen molar-refractivity contribution in [1.29, 1.82) is 0 Å². The molecule has 3 rings (SSSR count). The third-order valence-electron chi connectivity index (χ3n) is 4.03. The van der Waals surface area contributed by atoms with E-state index in [2.05, 4.69) is 29.4 Å². The average molecular weight is 257 g/mol. The maximum atomic E-state index is 11.7. The SMILES string of the molecule is Cn1cnn(Cc2ccc(C3CCCC3)cc2)c1=O. The minimum Gasteiger partial charge on any atom is -0.285 e. The van der Waals surface area contributed by atoms with Crippen molar-refractivity contribution in [3.05, 3.63) is 52.2 Å². The largest absolute Gasteiger partial charge is 0.345 e. The quantitative estimate of drug-likeness (QED) is 0.846. The average Bonchev–Trinajstić information content (AvgIpc) is 3.06. The van der Waals surface area contributed by atoms with E-state index in [1.807, 2.05) is 0 Å². The van der Waals surface area contributed by atoms with Crippen LogP contribution in [-0.2, 0) is 13.6 Å². The van der Waals surface area contributed by atoms with Gasteiger partial charge in [-0.2, -0.15) is 5.10 Å². The normalized spacial score (nSPS) is 16.1. The van der Waals surface area contributed by atoms with E-state index in [4.69, 9.17) is 0 Å². The molecule has 4 heteroatoms. The summed E-state index contributed by atoms with van der Waals surface area (Å²) in [6, 6.07) is 8.65. The molecule has 0 atom stereocenters. The van der Waals surface area contributed by atoms with Gasteiger partial charge in [0.2, 0.25) is 0 Å². The van der Waals surface area contributed by atoms with Crippen LogP contribution >= 0.6 is 0 Å². The third-order valence-corrected chi connectivity index (χ3v) is 4.03. The number of hydrogen-bond donors (Lipinski definition) is 0. The molecule has 4 nitrogen and oxygen atoms in total. The second-order valence-corrected chi connectivity index (χ2v) is 5.41. The second kappa shape index (κ2) is 5.03. The van der Waals surface area contributed by atoms with Gasteiger partial charge in [0.25, 0.3) is 0 Å². The second-order valence-electron chi connectivity index (χ2n) is 5.41. The molecule has 0 amide bonds. The summed E-state index contributed by atoms with van der Waals surface area (Å²) in [6.45, 7) is 0.546. The van der Waals surface area contributed by atoms with Gasteiger partial charge in [-0.05, 0) is 29.9 Å². The van der Waals surface area contributed by atoms with Crippen molar-refractivity contribution in [3.8, 4) is 0 Å². The number of aromatic nitrogens is 3. The predicted octanol–water partition coefficient (Wildman–Crippen LogP) is 2.29. The molecule has 1 aliphatic rings. The summed E-state index contributed by atoms with van der Waals surface area (Å²) < 4.78 is 2.98. The van der Waals surface area contributed by atoms with Gasteiger partial charge in [-0.25, -0.2) is 9.48 Å². The van der Waals surface area contributed by atoms with Gasteiger partial charge >= 0.3 is 5.69 Å². The van der Waals surface area contributed by atoms with Crippen LogP contribution in [0.3, 0.4) is 0 Å². The van der Waals surface area contributed by atoms with E-state index in [9.17, 15) is 4.79 Å². The fourth-order valence-electron chi connectivity index (χ4n) is 2.86. The summed E-state index contributed by atoms with van der Waals surface area (Å²) in [6.07, 6.45) is 6.90. The van der Waals surface area contributed by atoms with E-state index in [-0.39, 0.29) is 5.69 Å². The van der Waals surface area contributed by atoms with Crippen LogP contribution in [0.4, 0.5) is 0 Å². The molecule has 19 heavy (non-hydrogen) atoms. The van der Waals surface area contributed by atoms with Crippen LogP contribution in [0.2, 0.25) is 0 Å². The Balaban J connectivity index is 1.75. The highest BCUT2D eigenvalue weighted by atomic mass is 16.2. The molecule has 1 aliphatic carbocycles. The number of rotatable bonds is 3. The lowest BCUT2D eigenvalue weighted by Gasteiger charge is -2.10. The Labute approximate surface area is 112 Å². The molecule has 1 fully saturated rings. The number of hydrogen-bond acceptors (Lipinski definition) is 2. The Morgan fingerprint density at radius 2 is 1.89 bits per heavy atom. The highest BCUT2D eigenvalue weighted by Crippen LogP contribution is 2.33. The van der Waals surface area contributed by atoms with Crippen molar-refractivity contribution in [3.63, 3.8) is 0 Å². The van der Waals surface area contributed by atoms with Crippen LogP contribution in [0.5, 0.6) is 0 Å². The van der Waals surface area contributed by atoms with Gasteiger partial charge in [-0.15, -0.1) is 0 Å². The Hall–Kier alpha value is -1.84. The fraction of sp³-hybridized carbons (Fsp3) is 0.467. The first-order valence-electron chi connectivity index (χ1n) is 6.91. The third kappa shape index (κ3) is 2.48. The molecular weight excluding hydrogens is 238 g/mol. The van der Waals surface area contributed by atoms with E-state index in [0.29, 0.717) is 6.54 Å². The fourth-order valence-corrected chi connectivity index (χ4v) is 2.86. The zero-order valence-electron chi connectivity index (χ0n) is 11.2. The molecule has 0 aliphatic heterocycles. The highest BCUT2D eigenvalue weighted by Gasteiger charge is 2.16. The van der Waals surface area contributed by atoms with E-state index >= 15 is 0 Å². The van der Waals surface area contributed by atoms with Crippen LogP contribution in [0.1, 0.15) is 42.7 Å². The van der Waals surface area contributed by atoms with E-state index < -0.39 is 0 Å². The Morgan fingerprint density at radius 3 is 2.47 bits per heavy atom. The van der Waals surface area contributed by atoms with Crippen molar-refractivity contribution in [2.75, 3.05) is 0 Å². The zero-order chi connectivity index (χ0) is 13.2. The molecule has 0 unspecified atom stereocenters. The van der Waals surface area contributed by atoms with E-state index in [0.717, 1.165) is 11.5 Å². The first kappa shape index (κ1) is 12.2. The molecule has 0 spiro atoms. The number of benzene rings is 1. The molecular formula is C15H19N3O. The first-order chi connectivity index (χ1) is 9.24. The molecule has 0 bridgehead atoms. The minimum atomic E-state index is -0.0696. The van der Waals surface area contributed by atoms with Crippen LogP contribution in [0, 0.1) is 0 Å². The summed E-state index contributed by atoms with van der Waals surface area (Å²) in [5.74, 6) is 0.742. The van der Waals surface area contributed by atoms with Crippen molar-refractivity contribution in [2.24, 2.45) is 7.05 Å². The van der Waals surface area contributed by atoms with Gasteiger partial charge in [0.15, 0.2) is 0 Å². The maximum Gasteiger partial charge on any atom is 0.345 e. The molecule has 1 saturated carbocycles. The summed E-state index contributed by atoms with van der Waals surface area (Å²) in [5.41, 5.74) is 2.50. The minimum absolute atomic E-state index is 0.0696. The van der Waals surface area contributed by atoms with Crippen molar-refractivity contribution in [1.82, 2.24) is 14.3 Å². The Bertz CT molecular complexity index is 603. The molecule has 1 aromatic heterocycles. The standard InChI is InChI=1S/C15H19N3O/c1-17-11-16-18(15(17)19)10-12-6-8-14(9-7-12)13-4-2-3-5-13/h6-9,11,13H,2-5,10H2,1H3. The van der Waals surface area contributed by atoms with Crippen LogP contribution in [0.15, 0.2) is 35.4 Å². The summed E-state index contributed by atoms with van der Waals surface area (Å²) in [7, 11) is 1.72. The van der Waals surface area contributed by atoms with E-state index in [1.165, 1.54) is 40.5 Å². The van der Waals surface area contributed by atoms with Gasteiger partial charge in [-0.3, -0.25) is 4.57 Å². The highest BCUT2D eigenvalue weighted by molar-refractivity contribution is 5.26. The lowest BCUT2D eigenvalue weighted by molar-refractivity contribution is 0.645. The van der Waals surface area contributed by atoms with Crippen molar-refractivity contribution < 1.29 is 0 Å².